The Labute approximate surface area is 156 Å². The highest BCUT2D eigenvalue weighted by molar-refractivity contribution is 7.89. The number of aromatic nitrogens is 2. The van der Waals surface area contributed by atoms with Gasteiger partial charge in [0.25, 0.3) is 0 Å². The molecule has 0 bridgehead atoms. The van der Waals surface area contributed by atoms with E-state index >= 15 is 0 Å². The fourth-order valence-electron chi connectivity index (χ4n) is 4.27. The van der Waals surface area contributed by atoms with E-state index in [1.54, 1.807) is 10.5 Å². The average Bonchev–Trinajstić information content (AvgIpc) is 3.32. The number of sulfonamides is 1. The Morgan fingerprint density at radius 3 is 2.38 bits per heavy atom. The Morgan fingerprint density at radius 2 is 1.69 bits per heavy atom. The summed E-state index contributed by atoms with van der Waals surface area (Å²) in [6, 6.07) is 10.1. The van der Waals surface area contributed by atoms with Crippen molar-refractivity contribution in [3.63, 3.8) is 0 Å². The van der Waals surface area contributed by atoms with Crippen LogP contribution in [-0.4, -0.2) is 35.1 Å². The zero-order valence-corrected chi connectivity index (χ0v) is 16.2. The monoisotopic (exact) mass is 373 g/mol. The van der Waals surface area contributed by atoms with Gasteiger partial charge in [0.1, 0.15) is 10.6 Å². The van der Waals surface area contributed by atoms with Crippen LogP contribution in [0.1, 0.15) is 57.9 Å². The van der Waals surface area contributed by atoms with Crippen LogP contribution in [0.25, 0.3) is 11.3 Å². The van der Waals surface area contributed by atoms with Gasteiger partial charge in [-0.25, -0.2) is 8.42 Å². The third kappa shape index (κ3) is 3.21. The Morgan fingerprint density at radius 1 is 1.00 bits per heavy atom. The lowest BCUT2D eigenvalue weighted by Crippen LogP contribution is -2.42. The maximum atomic E-state index is 13.5. The predicted octanol–water partition coefficient (Wildman–Crippen LogP) is 4.23. The molecule has 1 aromatic carbocycles. The number of hydrogen-bond acceptors (Lipinski definition) is 3. The second kappa shape index (κ2) is 7.16. The molecule has 1 saturated carbocycles. The predicted molar refractivity (Wildman–Crippen MR) is 102 cm³/mol. The van der Waals surface area contributed by atoms with Gasteiger partial charge in [-0.2, -0.15) is 9.40 Å². The zero-order chi connectivity index (χ0) is 18.1. The number of benzene rings is 1. The Kier molecular flexibility index (Phi) is 4.88. The first kappa shape index (κ1) is 17.7. The smallest absolute Gasteiger partial charge is 0.247 e. The molecule has 2 aliphatic rings. The van der Waals surface area contributed by atoms with Crippen LogP contribution in [0.15, 0.2) is 41.4 Å². The van der Waals surface area contributed by atoms with Gasteiger partial charge < -0.3 is 0 Å². The first-order chi connectivity index (χ1) is 12.6. The molecule has 1 aliphatic carbocycles. The van der Waals surface area contributed by atoms with E-state index in [-0.39, 0.29) is 6.04 Å². The minimum Gasteiger partial charge on any atom is -0.268 e. The quantitative estimate of drug-likeness (QED) is 0.806. The van der Waals surface area contributed by atoms with Gasteiger partial charge in [0, 0.05) is 24.3 Å². The number of nitrogens with zero attached hydrogens (tertiary/aromatic N) is 3. The molecule has 1 aliphatic heterocycles. The molecule has 0 spiro atoms. The average molecular weight is 374 g/mol. The Bertz CT molecular complexity index is 854. The van der Waals surface area contributed by atoms with Gasteiger partial charge in [-0.1, -0.05) is 49.6 Å². The van der Waals surface area contributed by atoms with E-state index in [0.717, 1.165) is 37.7 Å². The van der Waals surface area contributed by atoms with Crippen LogP contribution >= 0.6 is 0 Å². The van der Waals surface area contributed by atoms with Crippen molar-refractivity contribution in [3.05, 3.63) is 36.5 Å². The van der Waals surface area contributed by atoms with Gasteiger partial charge in [-0.15, -0.1) is 0 Å². The van der Waals surface area contributed by atoms with Crippen molar-refractivity contribution in [2.75, 3.05) is 6.54 Å². The number of hydrogen-bond donors (Lipinski definition) is 0. The van der Waals surface area contributed by atoms with Crippen LogP contribution in [-0.2, 0) is 10.0 Å². The lowest BCUT2D eigenvalue weighted by molar-refractivity contribution is 0.268. The fraction of sp³-hybridized carbons (Fsp3) is 0.550. The van der Waals surface area contributed by atoms with Crippen LogP contribution < -0.4 is 0 Å². The van der Waals surface area contributed by atoms with E-state index in [0.29, 0.717) is 23.2 Å². The maximum absolute atomic E-state index is 13.5. The lowest BCUT2D eigenvalue weighted by Gasteiger charge is -2.32. The molecule has 2 heterocycles. The molecule has 1 atom stereocenters. The Balaban J connectivity index is 1.80. The first-order valence-corrected chi connectivity index (χ1v) is 11.2. The molecule has 0 amide bonds. The summed E-state index contributed by atoms with van der Waals surface area (Å²) >= 11 is 0. The molecule has 2 fully saturated rings. The maximum Gasteiger partial charge on any atom is 0.247 e. The molecule has 1 saturated heterocycles. The van der Waals surface area contributed by atoms with E-state index in [1.165, 1.54) is 12.8 Å². The van der Waals surface area contributed by atoms with Gasteiger partial charge in [0.05, 0.1) is 6.04 Å². The van der Waals surface area contributed by atoms with Crippen LogP contribution in [0, 0.1) is 0 Å². The van der Waals surface area contributed by atoms with Crippen LogP contribution in [0.5, 0.6) is 0 Å². The van der Waals surface area contributed by atoms with Crippen LogP contribution in [0.3, 0.4) is 0 Å². The third-order valence-corrected chi connectivity index (χ3v) is 7.79. The summed E-state index contributed by atoms with van der Waals surface area (Å²) in [6.07, 6.45) is 9.28. The highest BCUT2D eigenvalue weighted by Crippen LogP contribution is 2.35. The molecule has 140 valence electrons. The van der Waals surface area contributed by atoms with Crippen molar-refractivity contribution in [2.45, 2.75) is 68.8 Å². The molecule has 4 rings (SSSR count). The fourth-order valence-corrected chi connectivity index (χ4v) is 6.12. The largest absolute Gasteiger partial charge is 0.268 e. The summed E-state index contributed by atoms with van der Waals surface area (Å²) in [4.78, 5) is 0.365. The molecule has 0 radical (unpaired) electrons. The molecular formula is C20H27N3O2S. The summed E-state index contributed by atoms with van der Waals surface area (Å²) in [5, 5.41) is 4.76. The van der Waals surface area contributed by atoms with Crippen LogP contribution in [0.4, 0.5) is 0 Å². The minimum atomic E-state index is -3.55. The summed E-state index contributed by atoms with van der Waals surface area (Å²) in [7, 11) is -3.55. The minimum absolute atomic E-state index is 0.0483. The molecule has 26 heavy (non-hydrogen) atoms. The molecule has 2 aromatic rings. The first-order valence-electron chi connectivity index (χ1n) is 9.74. The normalized spacial score (nSPS) is 22.7. The Hall–Kier alpha value is -1.66. The highest BCUT2D eigenvalue weighted by atomic mass is 32.2. The molecule has 0 N–H and O–H groups in total. The summed E-state index contributed by atoms with van der Waals surface area (Å²) in [6.45, 7) is 2.62. The molecule has 1 aromatic heterocycles. The summed E-state index contributed by atoms with van der Waals surface area (Å²) in [5.74, 6) is 0. The van der Waals surface area contributed by atoms with E-state index in [2.05, 4.69) is 0 Å². The molecule has 1 unspecified atom stereocenters. The number of piperidine rings is 1. The van der Waals surface area contributed by atoms with Gasteiger partial charge in [0.2, 0.25) is 10.0 Å². The van der Waals surface area contributed by atoms with E-state index < -0.39 is 10.0 Å². The van der Waals surface area contributed by atoms with Crippen molar-refractivity contribution < 1.29 is 8.42 Å². The molecule has 5 nitrogen and oxygen atoms in total. The van der Waals surface area contributed by atoms with Gasteiger partial charge in [-0.05, 0) is 32.6 Å². The van der Waals surface area contributed by atoms with Crippen LogP contribution in [0.2, 0.25) is 0 Å². The number of rotatable bonds is 4. The van der Waals surface area contributed by atoms with E-state index in [1.807, 2.05) is 41.9 Å². The van der Waals surface area contributed by atoms with Gasteiger partial charge in [-0.3, -0.25) is 4.68 Å². The van der Waals surface area contributed by atoms with Crippen molar-refractivity contribution in [2.24, 2.45) is 0 Å². The standard InChI is InChI=1S/C20H27N3O2S/c1-16-9-7-8-14-23(16)26(24,25)19-15-22(18-12-5-6-13-18)21-20(19)17-10-3-2-4-11-17/h2-4,10-11,15-16,18H,5-9,12-14H2,1H3. The zero-order valence-electron chi connectivity index (χ0n) is 15.3. The second-order valence-corrected chi connectivity index (χ2v) is 9.45. The van der Waals surface area contributed by atoms with Crippen molar-refractivity contribution >= 4 is 10.0 Å². The van der Waals surface area contributed by atoms with Gasteiger partial charge in [0.15, 0.2) is 0 Å². The second-order valence-electron chi connectivity index (χ2n) is 7.59. The SMILES string of the molecule is CC1CCCCN1S(=O)(=O)c1cn(C2CCCC2)nc1-c1ccccc1. The van der Waals surface area contributed by atoms with Crippen molar-refractivity contribution in [3.8, 4) is 11.3 Å². The summed E-state index contributed by atoms with van der Waals surface area (Å²) < 4.78 is 30.6. The highest BCUT2D eigenvalue weighted by Gasteiger charge is 2.35. The van der Waals surface area contributed by atoms with Crippen molar-refractivity contribution in [1.82, 2.24) is 14.1 Å². The van der Waals surface area contributed by atoms with E-state index in [9.17, 15) is 8.42 Å². The molecular weight excluding hydrogens is 346 g/mol. The third-order valence-electron chi connectivity index (χ3n) is 5.77. The molecule has 6 heteroatoms. The van der Waals surface area contributed by atoms with E-state index in [4.69, 9.17) is 5.10 Å². The topological polar surface area (TPSA) is 55.2 Å². The summed E-state index contributed by atoms with van der Waals surface area (Å²) in [5.41, 5.74) is 1.46. The lowest BCUT2D eigenvalue weighted by atomic mass is 10.1. The van der Waals surface area contributed by atoms with Gasteiger partial charge >= 0.3 is 0 Å². The van der Waals surface area contributed by atoms with Crippen molar-refractivity contribution in [1.29, 1.82) is 0 Å².